The number of benzene rings is 1. The molecular weight excluding hydrogens is 248 g/mol. The summed E-state index contributed by atoms with van der Waals surface area (Å²) < 4.78 is 0. The lowest BCUT2D eigenvalue weighted by Gasteiger charge is -2.14. The van der Waals surface area contributed by atoms with Crippen molar-refractivity contribution in [1.82, 2.24) is 15.3 Å². The molecule has 0 unspecified atom stereocenters. The van der Waals surface area contributed by atoms with E-state index in [0.29, 0.717) is 12.0 Å². The van der Waals surface area contributed by atoms with Crippen LogP contribution in [0.4, 0.5) is 5.95 Å². The fourth-order valence-corrected chi connectivity index (χ4v) is 1.90. The van der Waals surface area contributed by atoms with Crippen molar-refractivity contribution < 1.29 is 0 Å². The smallest absolute Gasteiger partial charge is 0.222 e. The first-order chi connectivity index (χ1) is 9.79. The van der Waals surface area contributed by atoms with Gasteiger partial charge in [0.2, 0.25) is 5.95 Å². The van der Waals surface area contributed by atoms with E-state index in [0.717, 1.165) is 25.1 Å². The molecule has 1 aromatic carbocycles. The molecule has 0 amide bonds. The molecule has 0 aliphatic rings. The molecule has 2 N–H and O–H groups in total. The maximum atomic E-state index is 4.30. The molecule has 0 fully saturated rings. The summed E-state index contributed by atoms with van der Waals surface area (Å²) in [6.45, 7) is 5.95. The lowest BCUT2D eigenvalue weighted by atomic mass is 10.1. The monoisotopic (exact) mass is 270 g/mol. The second-order valence-electron chi connectivity index (χ2n) is 4.85. The largest absolute Gasteiger partial charge is 0.354 e. The topological polar surface area (TPSA) is 49.8 Å². The van der Waals surface area contributed by atoms with Crippen molar-refractivity contribution in [1.29, 1.82) is 0 Å². The fourth-order valence-electron chi connectivity index (χ4n) is 1.90. The summed E-state index contributed by atoms with van der Waals surface area (Å²) in [6.07, 6.45) is 4.81. The van der Waals surface area contributed by atoms with Crippen LogP contribution in [0, 0.1) is 0 Å². The zero-order valence-corrected chi connectivity index (χ0v) is 12.1. The van der Waals surface area contributed by atoms with Crippen LogP contribution in [-0.2, 0) is 6.54 Å². The molecule has 4 nitrogen and oxygen atoms in total. The first kappa shape index (κ1) is 14.5. The number of nitrogens with one attached hydrogen (secondary N) is 2. The van der Waals surface area contributed by atoms with E-state index < -0.39 is 0 Å². The minimum Gasteiger partial charge on any atom is -0.354 e. The number of rotatable bonds is 7. The molecule has 106 valence electrons. The first-order valence-electron chi connectivity index (χ1n) is 7.12. The Morgan fingerprint density at radius 1 is 1.10 bits per heavy atom. The summed E-state index contributed by atoms with van der Waals surface area (Å²) >= 11 is 0. The summed E-state index contributed by atoms with van der Waals surface area (Å²) in [5, 5.41) is 6.65. The minimum absolute atomic E-state index is 0.314. The summed E-state index contributed by atoms with van der Waals surface area (Å²) in [6, 6.07) is 10.7. The highest BCUT2D eigenvalue weighted by molar-refractivity contribution is 5.24. The van der Waals surface area contributed by atoms with E-state index in [-0.39, 0.29) is 0 Å². The molecule has 0 aliphatic carbocycles. The maximum Gasteiger partial charge on any atom is 0.222 e. The Hall–Kier alpha value is -1.94. The lowest BCUT2D eigenvalue weighted by Crippen LogP contribution is -2.18. The van der Waals surface area contributed by atoms with Crippen LogP contribution in [0.1, 0.15) is 37.4 Å². The van der Waals surface area contributed by atoms with E-state index in [1.165, 1.54) is 5.56 Å². The predicted molar refractivity (Wildman–Crippen MR) is 82.5 cm³/mol. The van der Waals surface area contributed by atoms with Gasteiger partial charge >= 0.3 is 0 Å². The highest BCUT2D eigenvalue weighted by atomic mass is 15.1. The molecule has 1 atom stereocenters. The molecule has 4 heteroatoms. The Morgan fingerprint density at radius 3 is 2.45 bits per heavy atom. The average Bonchev–Trinajstić information content (AvgIpc) is 2.52. The van der Waals surface area contributed by atoms with E-state index in [4.69, 9.17) is 0 Å². The Kier molecular flexibility index (Phi) is 5.50. The molecule has 0 spiro atoms. The van der Waals surface area contributed by atoms with Crippen molar-refractivity contribution in [3.05, 3.63) is 53.9 Å². The highest BCUT2D eigenvalue weighted by Gasteiger charge is 2.04. The van der Waals surface area contributed by atoms with E-state index in [2.05, 4.69) is 58.7 Å². The Bertz CT molecular complexity index is 496. The molecular formula is C16H22N4. The van der Waals surface area contributed by atoms with Crippen molar-refractivity contribution in [3.8, 4) is 0 Å². The van der Waals surface area contributed by atoms with Gasteiger partial charge in [-0.15, -0.1) is 0 Å². The molecule has 20 heavy (non-hydrogen) atoms. The van der Waals surface area contributed by atoms with Crippen LogP contribution in [0.15, 0.2) is 42.7 Å². The second kappa shape index (κ2) is 7.60. The molecule has 0 bridgehead atoms. The van der Waals surface area contributed by atoms with Crippen molar-refractivity contribution in [2.45, 2.75) is 32.9 Å². The third-order valence-corrected chi connectivity index (χ3v) is 3.15. The Labute approximate surface area is 120 Å². The second-order valence-corrected chi connectivity index (χ2v) is 4.85. The standard InChI is InChI=1S/C16H22N4/c1-3-9-17-16-19-11-14(12-20-16)10-18-13(2)15-7-5-4-6-8-15/h4-8,11-13,18H,3,9-10H2,1-2H3,(H,17,19,20)/t13-/m1/s1. The quantitative estimate of drug-likeness (QED) is 0.811. The minimum atomic E-state index is 0.314. The van der Waals surface area contributed by atoms with E-state index >= 15 is 0 Å². The van der Waals surface area contributed by atoms with Crippen LogP contribution in [0.3, 0.4) is 0 Å². The van der Waals surface area contributed by atoms with Crippen molar-refractivity contribution in [2.24, 2.45) is 0 Å². The van der Waals surface area contributed by atoms with Gasteiger partial charge in [0.05, 0.1) is 0 Å². The Morgan fingerprint density at radius 2 is 1.80 bits per heavy atom. The molecule has 0 saturated carbocycles. The SMILES string of the molecule is CCCNc1ncc(CN[C@H](C)c2ccccc2)cn1. The van der Waals surface area contributed by atoms with Crippen LogP contribution in [0.2, 0.25) is 0 Å². The summed E-state index contributed by atoms with van der Waals surface area (Å²) in [4.78, 5) is 8.61. The number of nitrogens with zero attached hydrogens (tertiary/aromatic N) is 2. The van der Waals surface area contributed by atoms with Crippen LogP contribution in [0.25, 0.3) is 0 Å². The summed E-state index contributed by atoms with van der Waals surface area (Å²) in [5.74, 6) is 0.701. The van der Waals surface area contributed by atoms with Gasteiger partial charge in [-0.05, 0) is 18.9 Å². The number of hydrogen-bond acceptors (Lipinski definition) is 4. The molecule has 1 aromatic heterocycles. The lowest BCUT2D eigenvalue weighted by molar-refractivity contribution is 0.573. The molecule has 0 saturated heterocycles. The van der Waals surface area contributed by atoms with Crippen LogP contribution < -0.4 is 10.6 Å². The third kappa shape index (κ3) is 4.31. The van der Waals surface area contributed by atoms with Gasteiger partial charge in [-0.2, -0.15) is 0 Å². The van der Waals surface area contributed by atoms with Gasteiger partial charge in [-0.3, -0.25) is 0 Å². The number of anilines is 1. The van der Waals surface area contributed by atoms with Gasteiger partial charge in [-0.25, -0.2) is 9.97 Å². The van der Waals surface area contributed by atoms with Gasteiger partial charge in [0.25, 0.3) is 0 Å². The average molecular weight is 270 g/mol. The number of hydrogen-bond donors (Lipinski definition) is 2. The molecule has 1 heterocycles. The van der Waals surface area contributed by atoms with E-state index in [1.807, 2.05) is 18.5 Å². The normalized spacial score (nSPS) is 12.1. The summed E-state index contributed by atoms with van der Waals surface area (Å²) in [5.41, 5.74) is 2.38. The highest BCUT2D eigenvalue weighted by Crippen LogP contribution is 2.12. The van der Waals surface area contributed by atoms with Crippen molar-refractivity contribution in [2.75, 3.05) is 11.9 Å². The van der Waals surface area contributed by atoms with Crippen LogP contribution >= 0.6 is 0 Å². The zero-order chi connectivity index (χ0) is 14.2. The first-order valence-corrected chi connectivity index (χ1v) is 7.12. The van der Waals surface area contributed by atoms with E-state index in [1.54, 1.807) is 0 Å². The van der Waals surface area contributed by atoms with Gasteiger partial charge in [0.15, 0.2) is 0 Å². The van der Waals surface area contributed by atoms with Gasteiger partial charge in [0.1, 0.15) is 0 Å². The molecule has 2 aromatic rings. The molecule has 0 radical (unpaired) electrons. The third-order valence-electron chi connectivity index (χ3n) is 3.15. The zero-order valence-electron chi connectivity index (χ0n) is 12.1. The van der Waals surface area contributed by atoms with E-state index in [9.17, 15) is 0 Å². The van der Waals surface area contributed by atoms with Crippen molar-refractivity contribution in [3.63, 3.8) is 0 Å². The number of aromatic nitrogens is 2. The van der Waals surface area contributed by atoms with Crippen LogP contribution in [0.5, 0.6) is 0 Å². The van der Waals surface area contributed by atoms with Gasteiger partial charge < -0.3 is 10.6 Å². The maximum absolute atomic E-state index is 4.30. The fraction of sp³-hybridized carbons (Fsp3) is 0.375. The van der Waals surface area contributed by atoms with Gasteiger partial charge in [0, 0.05) is 37.1 Å². The molecule has 0 aliphatic heterocycles. The van der Waals surface area contributed by atoms with Crippen LogP contribution in [-0.4, -0.2) is 16.5 Å². The van der Waals surface area contributed by atoms with Crippen molar-refractivity contribution >= 4 is 5.95 Å². The Balaban J connectivity index is 1.84. The summed E-state index contributed by atoms with van der Waals surface area (Å²) in [7, 11) is 0. The molecule has 2 rings (SSSR count). The van der Waals surface area contributed by atoms with Gasteiger partial charge in [-0.1, -0.05) is 37.3 Å². The predicted octanol–water partition coefficient (Wildman–Crippen LogP) is 3.15.